The van der Waals surface area contributed by atoms with Crippen molar-refractivity contribution in [3.05, 3.63) is 52.9 Å². The van der Waals surface area contributed by atoms with E-state index >= 15 is 0 Å². The number of hydrogen-bond acceptors (Lipinski definition) is 5. The number of nitrogens with one attached hydrogen (secondary N) is 1. The highest BCUT2D eigenvalue weighted by Crippen LogP contribution is 2.27. The van der Waals surface area contributed by atoms with Crippen molar-refractivity contribution in [2.75, 3.05) is 11.9 Å². The van der Waals surface area contributed by atoms with E-state index in [1.165, 1.54) is 12.1 Å². The smallest absolute Gasteiger partial charge is 0.245 e. The second-order valence-electron chi connectivity index (χ2n) is 6.35. The van der Waals surface area contributed by atoms with Crippen molar-refractivity contribution in [3.63, 3.8) is 0 Å². The van der Waals surface area contributed by atoms with E-state index in [2.05, 4.69) is 15.3 Å². The molecule has 1 aliphatic rings. The number of anilines is 1. The minimum Gasteiger partial charge on any atom is -0.358 e. The first-order valence-corrected chi connectivity index (χ1v) is 9.56. The SMILES string of the molecule is CCc1nc(NC2CCN(Cc3ccc(F)cc3)C2=O)c2ccsc2n1. The fourth-order valence-electron chi connectivity index (χ4n) is 3.17. The molecule has 0 spiro atoms. The number of hydrogen-bond donors (Lipinski definition) is 1. The van der Waals surface area contributed by atoms with Gasteiger partial charge in [0.05, 0.1) is 5.39 Å². The van der Waals surface area contributed by atoms with Gasteiger partial charge in [0.15, 0.2) is 0 Å². The van der Waals surface area contributed by atoms with Gasteiger partial charge in [-0.2, -0.15) is 0 Å². The van der Waals surface area contributed by atoms with Gasteiger partial charge in [0.2, 0.25) is 5.91 Å². The minimum absolute atomic E-state index is 0.0503. The van der Waals surface area contributed by atoms with Gasteiger partial charge in [0, 0.05) is 19.5 Å². The summed E-state index contributed by atoms with van der Waals surface area (Å²) in [6.07, 6.45) is 1.47. The molecule has 4 rings (SSSR count). The molecule has 1 atom stereocenters. The van der Waals surface area contributed by atoms with Gasteiger partial charge >= 0.3 is 0 Å². The zero-order chi connectivity index (χ0) is 18.1. The van der Waals surface area contributed by atoms with E-state index in [0.29, 0.717) is 13.1 Å². The van der Waals surface area contributed by atoms with Gasteiger partial charge in [-0.3, -0.25) is 4.79 Å². The lowest BCUT2D eigenvalue weighted by atomic mass is 10.2. The van der Waals surface area contributed by atoms with Crippen molar-refractivity contribution in [3.8, 4) is 0 Å². The number of carbonyl (C=O) groups excluding carboxylic acids is 1. The van der Waals surface area contributed by atoms with Crippen LogP contribution in [0, 0.1) is 5.82 Å². The quantitative estimate of drug-likeness (QED) is 0.745. The molecule has 0 aliphatic carbocycles. The maximum absolute atomic E-state index is 13.0. The molecule has 26 heavy (non-hydrogen) atoms. The summed E-state index contributed by atoms with van der Waals surface area (Å²) in [7, 11) is 0. The van der Waals surface area contributed by atoms with E-state index in [-0.39, 0.29) is 17.8 Å². The second kappa shape index (κ2) is 6.99. The number of nitrogens with zero attached hydrogens (tertiary/aromatic N) is 3. The third-order valence-corrected chi connectivity index (χ3v) is 5.39. The topological polar surface area (TPSA) is 58.1 Å². The first-order chi connectivity index (χ1) is 12.6. The summed E-state index contributed by atoms with van der Waals surface area (Å²) in [6.45, 7) is 3.19. The molecular formula is C19H19FN4OS. The first kappa shape index (κ1) is 16.9. The van der Waals surface area contributed by atoms with Gasteiger partial charge in [0.25, 0.3) is 0 Å². The van der Waals surface area contributed by atoms with Crippen LogP contribution >= 0.6 is 11.3 Å². The lowest BCUT2D eigenvalue weighted by Gasteiger charge is -2.18. The van der Waals surface area contributed by atoms with Crippen LogP contribution in [0.1, 0.15) is 24.7 Å². The summed E-state index contributed by atoms with van der Waals surface area (Å²) >= 11 is 1.58. The summed E-state index contributed by atoms with van der Waals surface area (Å²) in [4.78, 5) is 24.6. The number of thiophene rings is 1. The Labute approximate surface area is 154 Å². The minimum atomic E-state index is -0.293. The zero-order valence-corrected chi connectivity index (χ0v) is 15.2. The third-order valence-electron chi connectivity index (χ3n) is 4.58. The van der Waals surface area contributed by atoms with Crippen molar-refractivity contribution in [1.82, 2.24) is 14.9 Å². The van der Waals surface area contributed by atoms with Gasteiger partial charge in [-0.1, -0.05) is 19.1 Å². The molecule has 134 valence electrons. The van der Waals surface area contributed by atoms with E-state index in [0.717, 1.165) is 40.3 Å². The lowest BCUT2D eigenvalue weighted by Crippen LogP contribution is -2.33. The number of aryl methyl sites for hydroxylation is 1. The highest BCUT2D eigenvalue weighted by Gasteiger charge is 2.32. The number of likely N-dealkylation sites (tertiary alicyclic amines) is 1. The Morgan fingerprint density at radius 2 is 2.08 bits per heavy atom. The molecule has 0 radical (unpaired) electrons. The van der Waals surface area contributed by atoms with Crippen LogP contribution in [-0.2, 0) is 17.8 Å². The number of carbonyl (C=O) groups is 1. The van der Waals surface area contributed by atoms with Crippen molar-refractivity contribution in [2.45, 2.75) is 32.4 Å². The highest BCUT2D eigenvalue weighted by molar-refractivity contribution is 7.16. The molecule has 1 aromatic carbocycles. The highest BCUT2D eigenvalue weighted by atomic mass is 32.1. The lowest BCUT2D eigenvalue weighted by molar-refractivity contribution is -0.128. The van der Waals surface area contributed by atoms with E-state index in [1.54, 1.807) is 28.4 Å². The largest absolute Gasteiger partial charge is 0.358 e. The number of halogens is 1. The van der Waals surface area contributed by atoms with Crippen LogP contribution in [0.4, 0.5) is 10.2 Å². The Balaban J connectivity index is 1.50. The Hall–Kier alpha value is -2.54. The Bertz CT molecular complexity index is 940. The summed E-state index contributed by atoms with van der Waals surface area (Å²) in [5.41, 5.74) is 0.927. The van der Waals surface area contributed by atoms with Crippen molar-refractivity contribution in [2.24, 2.45) is 0 Å². The van der Waals surface area contributed by atoms with Crippen molar-refractivity contribution < 1.29 is 9.18 Å². The van der Waals surface area contributed by atoms with E-state index < -0.39 is 0 Å². The number of aromatic nitrogens is 2. The second-order valence-corrected chi connectivity index (χ2v) is 7.25. The Morgan fingerprint density at radius 3 is 2.85 bits per heavy atom. The molecule has 1 aliphatic heterocycles. The van der Waals surface area contributed by atoms with E-state index in [9.17, 15) is 9.18 Å². The summed E-state index contributed by atoms with van der Waals surface area (Å²) in [5.74, 6) is 1.29. The summed E-state index contributed by atoms with van der Waals surface area (Å²) in [5, 5.41) is 6.27. The van der Waals surface area contributed by atoms with Gasteiger partial charge < -0.3 is 10.2 Å². The average molecular weight is 370 g/mol. The molecule has 1 N–H and O–H groups in total. The maximum Gasteiger partial charge on any atom is 0.245 e. The van der Waals surface area contributed by atoms with Crippen molar-refractivity contribution >= 4 is 33.3 Å². The molecule has 1 saturated heterocycles. The molecule has 1 unspecified atom stereocenters. The monoisotopic (exact) mass is 370 g/mol. The zero-order valence-electron chi connectivity index (χ0n) is 14.4. The molecule has 2 aromatic heterocycles. The maximum atomic E-state index is 13.0. The van der Waals surface area contributed by atoms with Gasteiger partial charge in [-0.05, 0) is 35.6 Å². The number of rotatable bonds is 5. The fourth-order valence-corrected chi connectivity index (χ4v) is 3.96. The average Bonchev–Trinajstić information content (AvgIpc) is 3.25. The standard InChI is InChI=1S/C19H19FN4OS/c1-2-16-22-17(14-8-10-26-18(14)23-16)21-15-7-9-24(19(15)25)11-12-3-5-13(20)6-4-12/h3-6,8,10,15H,2,7,9,11H2,1H3,(H,21,22,23). The van der Waals surface area contributed by atoms with E-state index in [1.807, 2.05) is 18.4 Å². The third kappa shape index (κ3) is 3.26. The van der Waals surface area contributed by atoms with Gasteiger partial charge in [-0.25, -0.2) is 14.4 Å². The number of amides is 1. The molecule has 1 fully saturated rings. The summed E-state index contributed by atoms with van der Waals surface area (Å²) < 4.78 is 13.0. The van der Waals surface area contributed by atoms with Crippen LogP contribution in [0.3, 0.4) is 0 Å². The van der Waals surface area contributed by atoms with Crippen LogP contribution in [0.2, 0.25) is 0 Å². The van der Waals surface area contributed by atoms with E-state index in [4.69, 9.17) is 0 Å². The first-order valence-electron chi connectivity index (χ1n) is 8.68. The van der Waals surface area contributed by atoms with Crippen LogP contribution in [-0.4, -0.2) is 33.4 Å². The molecule has 5 nitrogen and oxygen atoms in total. The Morgan fingerprint density at radius 1 is 1.27 bits per heavy atom. The van der Waals surface area contributed by atoms with Crippen LogP contribution in [0.25, 0.3) is 10.2 Å². The molecule has 7 heteroatoms. The van der Waals surface area contributed by atoms with Crippen LogP contribution < -0.4 is 5.32 Å². The molecular weight excluding hydrogens is 351 g/mol. The molecule has 3 heterocycles. The predicted octanol–water partition coefficient (Wildman–Crippen LogP) is 3.61. The molecule has 0 saturated carbocycles. The van der Waals surface area contributed by atoms with Gasteiger partial charge in [0.1, 0.15) is 28.3 Å². The summed E-state index contributed by atoms with van der Waals surface area (Å²) in [6, 6.07) is 7.97. The molecule has 0 bridgehead atoms. The van der Waals surface area contributed by atoms with Crippen molar-refractivity contribution in [1.29, 1.82) is 0 Å². The Kier molecular flexibility index (Phi) is 4.55. The molecule has 1 amide bonds. The molecule has 3 aromatic rings. The normalized spacial score (nSPS) is 17.2. The predicted molar refractivity (Wildman–Crippen MR) is 101 cm³/mol. The van der Waals surface area contributed by atoms with Crippen LogP contribution in [0.5, 0.6) is 0 Å². The number of fused-ring (bicyclic) bond motifs is 1. The fraction of sp³-hybridized carbons (Fsp3) is 0.316. The van der Waals surface area contributed by atoms with Gasteiger partial charge in [-0.15, -0.1) is 11.3 Å². The van der Waals surface area contributed by atoms with Crippen LogP contribution in [0.15, 0.2) is 35.7 Å². The number of benzene rings is 1.